The lowest BCUT2D eigenvalue weighted by atomic mass is 9.80. The van der Waals surface area contributed by atoms with Gasteiger partial charge in [0.05, 0.1) is 13.2 Å². The highest BCUT2D eigenvalue weighted by atomic mass is 35.5. The largest absolute Gasteiger partial charge is 0.494 e. The SMILES string of the molecule is [N-]=[N+]=NCc1ccccc1C[C@@]1(C(=O)NCCc2ccccc2Cl)N=C(c2ccc(OCCCO)cc2)O[C@@H]1c1ccc(Cl)cc1Cl. The Morgan fingerprint density at radius 2 is 1.70 bits per heavy atom. The molecule has 1 amide bonds. The van der Waals surface area contributed by atoms with Crippen LogP contribution in [0, 0.1) is 0 Å². The van der Waals surface area contributed by atoms with E-state index >= 15 is 0 Å². The number of aliphatic hydroxyl groups is 1. The van der Waals surface area contributed by atoms with Gasteiger partial charge in [0.25, 0.3) is 5.91 Å². The predicted molar refractivity (Wildman–Crippen MR) is 184 cm³/mol. The van der Waals surface area contributed by atoms with Crippen molar-refractivity contribution in [3.8, 4) is 5.75 Å². The lowest BCUT2D eigenvalue weighted by Gasteiger charge is -2.32. The third kappa shape index (κ3) is 8.19. The molecule has 5 rings (SSSR count). The summed E-state index contributed by atoms with van der Waals surface area (Å²) in [5.74, 6) is 0.489. The van der Waals surface area contributed by atoms with Crippen LogP contribution in [0.25, 0.3) is 10.4 Å². The molecular weight excluding hydrogens is 661 g/mol. The minimum Gasteiger partial charge on any atom is -0.494 e. The maximum atomic E-state index is 14.6. The summed E-state index contributed by atoms with van der Waals surface area (Å²) in [7, 11) is 0. The first-order chi connectivity index (χ1) is 22.8. The number of benzene rings is 4. The molecule has 1 aliphatic rings. The topological polar surface area (TPSA) is 129 Å². The Bertz CT molecular complexity index is 1800. The Hall–Kier alpha value is -4.24. The summed E-state index contributed by atoms with van der Waals surface area (Å²) in [6.45, 7) is 0.790. The van der Waals surface area contributed by atoms with Gasteiger partial charge in [-0.1, -0.05) is 88.4 Å². The summed E-state index contributed by atoms with van der Waals surface area (Å²) in [6.07, 6.45) is 0.167. The first kappa shape index (κ1) is 34.1. The molecular formula is C35H32Cl3N5O4. The van der Waals surface area contributed by atoms with Crippen molar-refractivity contribution in [2.45, 2.75) is 37.5 Å². The second-order valence-corrected chi connectivity index (χ2v) is 12.1. The van der Waals surface area contributed by atoms with E-state index < -0.39 is 11.6 Å². The molecule has 47 heavy (non-hydrogen) atoms. The van der Waals surface area contributed by atoms with Crippen molar-refractivity contribution in [3.05, 3.63) is 144 Å². The number of halogens is 3. The van der Waals surface area contributed by atoms with Crippen LogP contribution in [0.5, 0.6) is 5.75 Å². The van der Waals surface area contributed by atoms with Crippen LogP contribution in [0.15, 0.2) is 101 Å². The fourth-order valence-electron chi connectivity index (χ4n) is 5.42. The van der Waals surface area contributed by atoms with E-state index in [9.17, 15) is 4.79 Å². The van der Waals surface area contributed by atoms with Crippen molar-refractivity contribution >= 4 is 46.6 Å². The van der Waals surface area contributed by atoms with Gasteiger partial charge < -0.3 is 19.9 Å². The monoisotopic (exact) mass is 691 g/mol. The molecule has 1 heterocycles. The molecule has 9 nitrogen and oxygen atoms in total. The van der Waals surface area contributed by atoms with Gasteiger partial charge in [-0.3, -0.25) is 4.79 Å². The maximum absolute atomic E-state index is 14.6. The van der Waals surface area contributed by atoms with E-state index in [1.165, 1.54) is 0 Å². The molecule has 4 aromatic carbocycles. The number of aliphatic hydroxyl groups excluding tert-OH is 1. The Kier molecular flexibility index (Phi) is 11.6. The molecule has 0 aliphatic carbocycles. The lowest BCUT2D eigenvalue weighted by molar-refractivity contribution is -0.128. The normalized spacial score (nSPS) is 16.9. The van der Waals surface area contributed by atoms with Gasteiger partial charge in [-0.2, -0.15) is 0 Å². The van der Waals surface area contributed by atoms with Gasteiger partial charge in [0, 0.05) is 57.1 Å². The van der Waals surface area contributed by atoms with Crippen molar-refractivity contribution in [2.24, 2.45) is 10.1 Å². The Morgan fingerprint density at radius 1 is 0.979 bits per heavy atom. The smallest absolute Gasteiger partial charge is 0.252 e. The van der Waals surface area contributed by atoms with Crippen molar-refractivity contribution in [1.29, 1.82) is 0 Å². The second-order valence-electron chi connectivity index (χ2n) is 10.9. The Labute approximate surface area is 287 Å². The zero-order valence-corrected chi connectivity index (χ0v) is 27.5. The number of azide groups is 1. The number of nitrogens with zero attached hydrogens (tertiary/aromatic N) is 4. The maximum Gasteiger partial charge on any atom is 0.252 e. The third-order valence-corrected chi connectivity index (χ3v) is 8.73. The number of carbonyl (C=O) groups is 1. The average molecular weight is 693 g/mol. The van der Waals surface area contributed by atoms with Gasteiger partial charge in [0.1, 0.15) is 5.75 Å². The molecule has 242 valence electrons. The lowest BCUT2D eigenvalue weighted by Crippen LogP contribution is -2.50. The van der Waals surface area contributed by atoms with Crippen molar-refractivity contribution in [1.82, 2.24) is 5.32 Å². The van der Waals surface area contributed by atoms with Gasteiger partial charge in [0.15, 0.2) is 11.6 Å². The van der Waals surface area contributed by atoms with Gasteiger partial charge in [-0.05, 0) is 71.1 Å². The van der Waals surface area contributed by atoms with E-state index in [2.05, 4.69) is 15.3 Å². The van der Waals surface area contributed by atoms with E-state index in [0.717, 1.165) is 16.7 Å². The van der Waals surface area contributed by atoms with Crippen molar-refractivity contribution in [3.63, 3.8) is 0 Å². The van der Waals surface area contributed by atoms with Crippen LogP contribution in [0.1, 0.15) is 40.3 Å². The number of amides is 1. The van der Waals surface area contributed by atoms with Gasteiger partial charge in [-0.25, -0.2) is 4.99 Å². The zero-order valence-electron chi connectivity index (χ0n) is 25.3. The quantitative estimate of drug-likeness (QED) is 0.0599. The molecule has 0 saturated heterocycles. The van der Waals surface area contributed by atoms with Crippen LogP contribution in [0.2, 0.25) is 15.1 Å². The van der Waals surface area contributed by atoms with E-state index in [1.807, 2.05) is 48.5 Å². The standard InChI is InChI=1S/C35H32Cl3N5O4/c36-27-12-15-29(31(38)20-27)32-35(21-25-7-1-2-8-26(25)22-41-43-39,34(45)40-17-16-23-6-3-4-9-30(23)37)42-33(47-32)24-10-13-28(14-11-24)46-19-5-18-44/h1-4,6-15,20,32,44H,5,16-19,21-22H2,(H,40,45)/t32-,35-/m1/s1. The number of ether oxygens (including phenoxy) is 2. The predicted octanol–water partition coefficient (Wildman–Crippen LogP) is 8.08. The summed E-state index contributed by atoms with van der Waals surface area (Å²) < 4.78 is 12.3. The molecule has 0 fully saturated rings. The van der Waals surface area contributed by atoms with Gasteiger partial charge in [0.2, 0.25) is 5.90 Å². The van der Waals surface area contributed by atoms with Crippen molar-refractivity contribution < 1.29 is 19.4 Å². The molecule has 12 heteroatoms. The average Bonchev–Trinajstić information content (AvgIpc) is 3.45. The first-order valence-electron chi connectivity index (χ1n) is 15.0. The number of nitrogens with one attached hydrogen (secondary N) is 1. The summed E-state index contributed by atoms with van der Waals surface area (Å²) in [4.78, 5) is 22.6. The summed E-state index contributed by atoms with van der Waals surface area (Å²) in [5, 5.41) is 17.3. The summed E-state index contributed by atoms with van der Waals surface area (Å²) >= 11 is 19.4. The molecule has 4 aromatic rings. The third-order valence-electron chi connectivity index (χ3n) is 7.80. The number of aliphatic imine (C=N–C) groups is 1. The number of carbonyl (C=O) groups excluding carboxylic acids is 1. The summed E-state index contributed by atoms with van der Waals surface area (Å²) in [5.41, 5.74) is 11.1. The van der Waals surface area contributed by atoms with Crippen LogP contribution < -0.4 is 10.1 Å². The number of rotatable bonds is 14. The minimum absolute atomic E-state index is 0.0336. The Balaban J connectivity index is 1.59. The van der Waals surface area contributed by atoms with Gasteiger partial charge >= 0.3 is 0 Å². The summed E-state index contributed by atoms with van der Waals surface area (Å²) in [6, 6.07) is 27.1. The number of hydrogen-bond donors (Lipinski definition) is 2. The van der Waals surface area contributed by atoms with E-state index in [1.54, 1.807) is 42.5 Å². The fraction of sp³-hybridized carbons (Fsp3) is 0.257. The Morgan fingerprint density at radius 3 is 2.40 bits per heavy atom. The highest BCUT2D eigenvalue weighted by Crippen LogP contribution is 2.45. The van der Waals surface area contributed by atoms with Crippen LogP contribution in [-0.2, 0) is 28.9 Å². The van der Waals surface area contributed by atoms with E-state index in [-0.39, 0.29) is 37.9 Å². The molecule has 0 bridgehead atoms. The first-order valence-corrected chi connectivity index (χ1v) is 16.1. The molecule has 0 spiro atoms. The highest BCUT2D eigenvalue weighted by molar-refractivity contribution is 6.35. The van der Waals surface area contributed by atoms with Crippen LogP contribution in [-0.4, -0.2) is 42.2 Å². The van der Waals surface area contributed by atoms with Crippen molar-refractivity contribution in [2.75, 3.05) is 19.8 Å². The number of hydrogen-bond acceptors (Lipinski definition) is 6. The molecule has 0 radical (unpaired) electrons. The van der Waals surface area contributed by atoms with Gasteiger partial charge in [-0.15, -0.1) is 0 Å². The molecule has 2 atom stereocenters. The van der Waals surface area contributed by atoms with Crippen LogP contribution >= 0.6 is 34.8 Å². The molecule has 1 aliphatic heterocycles. The molecule has 0 saturated carbocycles. The van der Waals surface area contributed by atoms with Crippen LogP contribution in [0.4, 0.5) is 0 Å². The fourth-order valence-corrected chi connectivity index (χ4v) is 6.16. The molecule has 0 aromatic heterocycles. The zero-order chi connectivity index (χ0) is 33.2. The molecule has 0 unspecified atom stereocenters. The molecule has 2 N–H and O–H groups in total. The minimum atomic E-state index is -1.53. The highest BCUT2D eigenvalue weighted by Gasteiger charge is 2.54. The second kappa shape index (κ2) is 16.0. The van der Waals surface area contributed by atoms with E-state index in [4.69, 9.17) is 59.9 Å². The van der Waals surface area contributed by atoms with E-state index in [0.29, 0.717) is 51.4 Å². The van der Waals surface area contributed by atoms with Crippen LogP contribution in [0.3, 0.4) is 0 Å².